The zero-order valence-corrected chi connectivity index (χ0v) is 16.2. The Hall–Kier alpha value is -2.60. The Bertz CT molecular complexity index is 944. The predicted molar refractivity (Wildman–Crippen MR) is 110 cm³/mol. The van der Waals surface area contributed by atoms with Gasteiger partial charge in [0, 0.05) is 24.3 Å². The number of anilines is 1. The van der Waals surface area contributed by atoms with Crippen LogP contribution in [0.3, 0.4) is 0 Å². The lowest BCUT2D eigenvalue weighted by atomic mass is 9.68. The maximum Gasteiger partial charge on any atom is 0.341 e. The fourth-order valence-corrected chi connectivity index (χ4v) is 4.56. The minimum Gasteiger partial charge on any atom is -0.477 e. The number of hydrogen-bond donors (Lipinski definition) is 3. The van der Waals surface area contributed by atoms with Gasteiger partial charge in [0.15, 0.2) is 0 Å². The summed E-state index contributed by atoms with van der Waals surface area (Å²) in [5, 5.41) is 9.17. The van der Waals surface area contributed by atoms with Crippen LogP contribution >= 0.6 is 0 Å². The van der Waals surface area contributed by atoms with Crippen molar-refractivity contribution in [3.63, 3.8) is 0 Å². The highest BCUT2D eigenvalue weighted by atomic mass is 16.4. The van der Waals surface area contributed by atoms with E-state index in [2.05, 4.69) is 22.0 Å². The number of carbonyl (C=O) groups is 1. The maximum atomic E-state index is 12.1. The predicted octanol–water partition coefficient (Wildman–Crippen LogP) is 3.01. The van der Waals surface area contributed by atoms with E-state index in [1.807, 2.05) is 19.1 Å². The number of carboxylic acid groups (broad SMARTS) is 1. The molecule has 6 heteroatoms. The molecule has 1 aromatic carbocycles. The van der Waals surface area contributed by atoms with Gasteiger partial charge < -0.3 is 20.7 Å². The minimum atomic E-state index is -1.20. The molecule has 1 aromatic heterocycles. The number of aryl methyl sites for hydroxylation is 1. The summed E-state index contributed by atoms with van der Waals surface area (Å²) >= 11 is 0. The highest BCUT2D eigenvalue weighted by Gasteiger charge is 2.43. The van der Waals surface area contributed by atoms with Crippen molar-refractivity contribution in [3.8, 4) is 11.3 Å². The van der Waals surface area contributed by atoms with Crippen molar-refractivity contribution in [2.24, 2.45) is 11.7 Å². The van der Waals surface area contributed by atoms with E-state index in [0.717, 1.165) is 49.2 Å². The number of aromatic amines is 1. The van der Waals surface area contributed by atoms with Gasteiger partial charge in [0.25, 0.3) is 5.56 Å². The number of H-pyrrole nitrogens is 1. The average Bonchev–Trinajstić information content (AvgIpc) is 3.16. The normalized spacial score (nSPS) is 20.8. The summed E-state index contributed by atoms with van der Waals surface area (Å²) in [6.07, 6.45) is 5.32. The van der Waals surface area contributed by atoms with E-state index < -0.39 is 11.5 Å². The van der Waals surface area contributed by atoms with E-state index in [9.17, 15) is 14.7 Å². The van der Waals surface area contributed by atoms with Crippen molar-refractivity contribution in [2.75, 3.05) is 18.0 Å². The van der Waals surface area contributed by atoms with E-state index in [1.54, 1.807) is 0 Å². The molecule has 4 N–H and O–H groups in total. The van der Waals surface area contributed by atoms with Crippen LogP contribution in [0.4, 0.5) is 5.69 Å². The van der Waals surface area contributed by atoms with Crippen molar-refractivity contribution < 1.29 is 9.90 Å². The molecule has 4 rings (SSSR count). The Morgan fingerprint density at radius 3 is 2.61 bits per heavy atom. The third-order valence-electron chi connectivity index (χ3n) is 6.54. The average molecular weight is 381 g/mol. The van der Waals surface area contributed by atoms with Gasteiger partial charge >= 0.3 is 5.97 Å². The number of benzene rings is 1. The molecular weight excluding hydrogens is 354 g/mol. The summed E-state index contributed by atoms with van der Waals surface area (Å²) in [5.74, 6) is -0.641. The number of pyridine rings is 1. The van der Waals surface area contributed by atoms with Gasteiger partial charge in [-0.3, -0.25) is 4.79 Å². The number of rotatable bonds is 5. The number of nitrogens with two attached hydrogens (primary N) is 1. The summed E-state index contributed by atoms with van der Waals surface area (Å²) in [7, 11) is 0. The number of hydrogen-bond acceptors (Lipinski definition) is 4. The van der Waals surface area contributed by atoms with E-state index in [1.165, 1.54) is 12.5 Å². The van der Waals surface area contributed by atoms with Crippen LogP contribution in [-0.4, -0.2) is 34.7 Å². The Morgan fingerprint density at radius 2 is 2.04 bits per heavy atom. The molecule has 2 aromatic rings. The summed E-state index contributed by atoms with van der Waals surface area (Å²) in [5.41, 5.74) is 9.34. The van der Waals surface area contributed by atoms with Crippen molar-refractivity contribution in [1.29, 1.82) is 0 Å². The molecule has 0 bridgehead atoms. The number of aromatic nitrogens is 1. The highest BCUT2D eigenvalue weighted by Crippen LogP contribution is 2.41. The zero-order chi connectivity index (χ0) is 19.9. The van der Waals surface area contributed by atoms with Crippen molar-refractivity contribution in [3.05, 3.63) is 51.8 Å². The SMILES string of the molecule is CCc1cc(C(=O)O)c(=O)[nH]c1-c1ccc(N2CCC(C3(N)CCC3)C2)cc1. The first-order valence-electron chi connectivity index (χ1n) is 10.0. The van der Waals surface area contributed by atoms with Gasteiger partial charge in [-0.15, -0.1) is 0 Å². The first-order valence-corrected chi connectivity index (χ1v) is 10.0. The van der Waals surface area contributed by atoms with Crippen LogP contribution < -0.4 is 16.2 Å². The molecule has 28 heavy (non-hydrogen) atoms. The second-order valence-corrected chi connectivity index (χ2v) is 8.14. The van der Waals surface area contributed by atoms with Gasteiger partial charge in [-0.2, -0.15) is 0 Å². The number of nitrogens with zero attached hydrogens (tertiary/aromatic N) is 1. The van der Waals surface area contributed by atoms with Gasteiger partial charge in [-0.25, -0.2) is 4.79 Å². The summed E-state index contributed by atoms with van der Waals surface area (Å²) in [6, 6.07) is 9.62. The zero-order valence-electron chi connectivity index (χ0n) is 16.2. The number of carboxylic acids is 1. The topological polar surface area (TPSA) is 99.4 Å². The van der Waals surface area contributed by atoms with Gasteiger partial charge in [0.1, 0.15) is 5.56 Å². The van der Waals surface area contributed by atoms with Gasteiger partial charge in [-0.05, 0) is 67.3 Å². The largest absolute Gasteiger partial charge is 0.477 e. The molecule has 0 spiro atoms. The molecule has 1 aliphatic carbocycles. The van der Waals surface area contributed by atoms with E-state index >= 15 is 0 Å². The molecule has 6 nitrogen and oxygen atoms in total. The summed E-state index contributed by atoms with van der Waals surface area (Å²) in [4.78, 5) is 28.5. The molecule has 1 saturated heterocycles. The molecule has 2 heterocycles. The molecule has 1 aliphatic heterocycles. The van der Waals surface area contributed by atoms with Crippen LogP contribution in [0.2, 0.25) is 0 Å². The lowest BCUT2D eigenvalue weighted by Crippen LogP contribution is -2.53. The Labute approximate surface area is 164 Å². The van der Waals surface area contributed by atoms with Crippen LogP contribution in [0.25, 0.3) is 11.3 Å². The third-order valence-corrected chi connectivity index (χ3v) is 6.54. The first kappa shape index (κ1) is 18.7. The van der Waals surface area contributed by atoms with E-state index in [0.29, 0.717) is 18.0 Å². The lowest BCUT2D eigenvalue weighted by Gasteiger charge is -2.43. The van der Waals surface area contributed by atoms with Gasteiger partial charge in [0.05, 0.1) is 5.69 Å². The van der Waals surface area contributed by atoms with Crippen LogP contribution in [0.5, 0.6) is 0 Å². The molecule has 1 atom stereocenters. The molecule has 1 unspecified atom stereocenters. The second kappa shape index (κ2) is 7.09. The standard InChI is InChI=1S/C22H27N3O3/c1-2-14-12-18(21(27)28)20(26)24-19(14)15-4-6-17(7-5-15)25-11-8-16(13-25)22(23)9-3-10-22/h4-7,12,16H,2-3,8-11,13,23H2,1H3,(H,24,26)(H,27,28). The quantitative estimate of drug-likeness (QED) is 0.739. The van der Waals surface area contributed by atoms with Crippen molar-refractivity contribution >= 4 is 11.7 Å². The van der Waals surface area contributed by atoms with E-state index in [-0.39, 0.29) is 11.1 Å². The highest BCUT2D eigenvalue weighted by molar-refractivity contribution is 5.88. The molecule has 148 valence electrons. The molecule has 1 saturated carbocycles. The van der Waals surface area contributed by atoms with Crippen LogP contribution in [-0.2, 0) is 6.42 Å². The fraction of sp³-hybridized carbons (Fsp3) is 0.455. The molecule has 0 radical (unpaired) electrons. The lowest BCUT2D eigenvalue weighted by molar-refractivity contribution is 0.0695. The summed E-state index contributed by atoms with van der Waals surface area (Å²) in [6.45, 7) is 3.97. The van der Waals surface area contributed by atoms with Gasteiger partial charge in [-0.1, -0.05) is 19.1 Å². The van der Waals surface area contributed by atoms with Crippen molar-refractivity contribution in [2.45, 2.75) is 44.6 Å². The van der Waals surface area contributed by atoms with Crippen LogP contribution in [0, 0.1) is 5.92 Å². The Morgan fingerprint density at radius 1 is 1.32 bits per heavy atom. The summed E-state index contributed by atoms with van der Waals surface area (Å²) < 4.78 is 0. The first-order chi connectivity index (χ1) is 13.4. The molecule has 2 fully saturated rings. The third kappa shape index (κ3) is 3.22. The smallest absolute Gasteiger partial charge is 0.341 e. The Balaban J connectivity index is 1.56. The Kier molecular flexibility index (Phi) is 4.75. The van der Waals surface area contributed by atoms with Crippen LogP contribution in [0.15, 0.2) is 35.1 Å². The minimum absolute atomic E-state index is 0.0378. The van der Waals surface area contributed by atoms with Gasteiger partial charge in [0.2, 0.25) is 0 Å². The fourth-order valence-electron chi connectivity index (χ4n) is 4.56. The molecule has 2 aliphatic rings. The number of nitrogens with one attached hydrogen (secondary N) is 1. The molecular formula is C22H27N3O3. The monoisotopic (exact) mass is 381 g/mol. The van der Waals surface area contributed by atoms with Crippen LogP contribution in [0.1, 0.15) is 48.5 Å². The van der Waals surface area contributed by atoms with E-state index in [4.69, 9.17) is 5.73 Å². The number of aromatic carboxylic acids is 1. The second-order valence-electron chi connectivity index (χ2n) is 8.14. The maximum absolute atomic E-state index is 12.1. The molecule has 0 amide bonds. The van der Waals surface area contributed by atoms with Crippen molar-refractivity contribution in [1.82, 2.24) is 4.98 Å².